The molecule has 4 aromatic carbocycles. The zero-order chi connectivity index (χ0) is 33.9. The summed E-state index contributed by atoms with van der Waals surface area (Å²) in [4.78, 5) is 30.5. The quantitative estimate of drug-likeness (QED) is 0.162. The fraction of sp³-hybridized carbons (Fsp3) is 0.333. The van der Waals surface area contributed by atoms with Crippen LogP contribution in [-0.2, 0) is 32.6 Å². The van der Waals surface area contributed by atoms with Gasteiger partial charge in [0, 0.05) is 19.0 Å². The molecule has 0 aliphatic heterocycles. The van der Waals surface area contributed by atoms with E-state index >= 15 is 0 Å². The van der Waals surface area contributed by atoms with Crippen LogP contribution in [0.25, 0.3) is 0 Å². The van der Waals surface area contributed by atoms with Crippen molar-refractivity contribution < 1.29 is 22.7 Å². The highest BCUT2D eigenvalue weighted by atomic mass is 32.2. The first kappa shape index (κ1) is 34.7. The molecule has 0 saturated heterocycles. The average Bonchev–Trinajstić information content (AvgIpc) is 3.10. The Bertz CT molecular complexity index is 1740. The average molecular weight is 668 g/mol. The number of para-hydroxylation sites is 1. The lowest BCUT2D eigenvalue weighted by Crippen LogP contribution is -2.55. The standard InChI is InChI=1S/C39H45N3O5S/c1-3-47-35-22-24-36(25-23-35)48(45,46)42(34-20-11-6-12-21-34)29-38(43)41(28-32-17-13-14-30(2)26-32)37(27-31-15-7-4-8-16-31)39(44)40-33-18-9-5-10-19-33/h4,6-8,11-17,20-26,33,37H,3,5,9-10,18-19,27-29H2,1-2H3,(H,40,44)/t37-/m1/s1. The molecule has 4 aromatic rings. The summed E-state index contributed by atoms with van der Waals surface area (Å²) in [5.41, 5.74) is 3.13. The van der Waals surface area contributed by atoms with Gasteiger partial charge in [-0.05, 0) is 74.2 Å². The number of carbonyl (C=O) groups is 2. The smallest absolute Gasteiger partial charge is 0.264 e. The number of carbonyl (C=O) groups excluding carboxylic acids is 2. The van der Waals surface area contributed by atoms with Crippen molar-refractivity contribution in [2.45, 2.75) is 75.9 Å². The predicted molar refractivity (Wildman–Crippen MR) is 189 cm³/mol. The third-order valence-electron chi connectivity index (χ3n) is 8.70. The maximum Gasteiger partial charge on any atom is 0.264 e. The monoisotopic (exact) mass is 667 g/mol. The van der Waals surface area contributed by atoms with Gasteiger partial charge in [-0.25, -0.2) is 8.42 Å². The number of hydrogen-bond donors (Lipinski definition) is 1. The van der Waals surface area contributed by atoms with Gasteiger partial charge < -0.3 is 15.0 Å². The number of rotatable bonds is 14. The fourth-order valence-electron chi connectivity index (χ4n) is 6.23. The lowest BCUT2D eigenvalue weighted by molar-refractivity contribution is -0.140. The fourth-order valence-corrected chi connectivity index (χ4v) is 7.64. The summed E-state index contributed by atoms with van der Waals surface area (Å²) in [5.74, 6) is -0.155. The lowest BCUT2D eigenvalue weighted by atomic mass is 9.94. The van der Waals surface area contributed by atoms with Crippen LogP contribution in [-0.4, -0.2) is 50.4 Å². The second-order valence-electron chi connectivity index (χ2n) is 12.3. The van der Waals surface area contributed by atoms with E-state index in [-0.39, 0.29) is 29.8 Å². The van der Waals surface area contributed by atoms with Gasteiger partial charge >= 0.3 is 0 Å². The minimum Gasteiger partial charge on any atom is -0.494 e. The SMILES string of the molecule is CCOc1ccc(S(=O)(=O)N(CC(=O)N(Cc2cccc(C)c2)[C@H](Cc2ccccc2)C(=O)NC2CCCCC2)c2ccccc2)cc1. The number of nitrogens with one attached hydrogen (secondary N) is 1. The van der Waals surface area contributed by atoms with Gasteiger partial charge in [0.25, 0.3) is 10.0 Å². The highest BCUT2D eigenvalue weighted by Crippen LogP contribution is 2.27. The van der Waals surface area contributed by atoms with Gasteiger partial charge in [-0.1, -0.05) is 97.6 Å². The molecule has 0 unspecified atom stereocenters. The number of anilines is 1. The first-order valence-electron chi connectivity index (χ1n) is 16.7. The maximum absolute atomic E-state index is 14.7. The molecule has 5 rings (SSSR count). The number of amides is 2. The lowest BCUT2D eigenvalue weighted by Gasteiger charge is -2.35. The van der Waals surface area contributed by atoms with Crippen LogP contribution in [0.4, 0.5) is 5.69 Å². The zero-order valence-electron chi connectivity index (χ0n) is 27.8. The molecule has 1 N–H and O–H groups in total. The molecular weight excluding hydrogens is 623 g/mol. The molecule has 0 spiro atoms. The molecule has 9 heteroatoms. The number of nitrogens with zero attached hydrogens (tertiary/aromatic N) is 2. The summed E-state index contributed by atoms with van der Waals surface area (Å²) < 4.78 is 35.2. The number of benzene rings is 4. The number of aryl methyl sites for hydroxylation is 1. The summed E-state index contributed by atoms with van der Waals surface area (Å²) in [7, 11) is -4.19. The molecule has 1 saturated carbocycles. The Morgan fingerprint density at radius 2 is 1.48 bits per heavy atom. The molecule has 0 radical (unpaired) electrons. The normalized spacial score (nSPS) is 14.1. The van der Waals surface area contributed by atoms with Crippen LogP contribution in [0, 0.1) is 6.92 Å². The van der Waals surface area contributed by atoms with E-state index in [0.29, 0.717) is 18.0 Å². The molecule has 0 bridgehead atoms. The second kappa shape index (κ2) is 16.5. The van der Waals surface area contributed by atoms with Gasteiger partial charge in [0.05, 0.1) is 17.2 Å². The molecular formula is C39H45N3O5S. The highest BCUT2D eigenvalue weighted by molar-refractivity contribution is 7.92. The van der Waals surface area contributed by atoms with Crippen LogP contribution in [0.1, 0.15) is 55.7 Å². The van der Waals surface area contributed by atoms with Gasteiger partial charge in [-0.3, -0.25) is 13.9 Å². The Morgan fingerprint density at radius 3 is 2.12 bits per heavy atom. The first-order valence-corrected chi connectivity index (χ1v) is 18.2. The molecule has 1 atom stereocenters. The largest absolute Gasteiger partial charge is 0.494 e. The van der Waals surface area contributed by atoms with Gasteiger partial charge in [0.15, 0.2) is 0 Å². The van der Waals surface area contributed by atoms with E-state index in [1.165, 1.54) is 12.1 Å². The van der Waals surface area contributed by atoms with Gasteiger partial charge in [0.1, 0.15) is 18.3 Å². The molecule has 0 heterocycles. The van der Waals surface area contributed by atoms with Gasteiger partial charge in [-0.15, -0.1) is 0 Å². The van der Waals surface area contributed by atoms with Crippen LogP contribution in [0.2, 0.25) is 0 Å². The molecule has 48 heavy (non-hydrogen) atoms. The van der Waals surface area contributed by atoms with E-state index in [0.717, 1.165) is 53.1 Å². The second-order valence-corrected chi connectivity index (χ2v) is 14.2. The number of ether oxygens (including phenoxy) is 1. The molecule has 252 valence electrons. The van der Waals surface area contributed by atoms with Crippen molar-refractivity contribution in [1.82, 2.24) is 10.2 Å². The van der Waals surface area contributed by atoms with E-state index in [1.54, 1.807) is 47.4 Å². The molecule has 1 aliphatic carbocycles. The Kier molecular flexibility index (Phi) is 11.9. The van der Waals surface area contributed by atoms with Crippen molar-refractivity contribution in [3.05, 3.63) is 126 Å². The maximum atomic E-state index is 14.7. The molecule has 2 amide bonds. The summed E-state index contributed by atoms with van der Waals surface area (Å²) in [6, 6.07) is 31.4. The van der Waals surface area contributed by atoms with E-state index in [2.05, 4.69) is 5.32 Å². The van der Waals surface area contributed by atoms with E-state index in [1.807, 2.05) is 68.4 Å². The Labute approximate surface area is 284 Å². The van der Waals surface area contributed by atoms with Crippen molar-refractivity contribution in [1.29, 1.82) is 0 Å². The van der Waals surface area contributed by atoms with E-state index < -0.39 is 28.5 Å². The van der Waals surface area contributed by atoms with Crippen LogP contribution < -0.4 is 14.4 Å². The highest BCUT2D eigenvalue weighted by Gasteiger charge is 2.35. The predicted octanol–water partition coefficient (Wildman–Crippen LogP) is 6.68. The summed E-state index contributed by atoms with van der Waals surface area (Å²) in [5, 5.41) is 3.25. The Morgan fingerprint density at radius 1 is 0.833 bits per heavy atom. The summed E-state index contributed by atoms with van der Waals surface area (Å²) in [6.45, 7) is 3.94. The molecule has 1 fully saturated rings. The van der Waals surface area contributed by atoms with Crippen molar-refractivity contribution in [2.24, 2.45) is 0 Å². The topological polar surface area (TPSA) is 96.0 Å². The third kappa shape index (κ3) is 9.04. The first-order chi connectivity index (χ1) is 23.2. The molecule has 0 aromatic heterocycles. The van der Waals surface area contributed by atoms with E-state index in [4.69, 9.17) is 4.74 Å². The van der Waals surface area contributed by atoms with Crippen molar-refractivity contribution in [2.75, 3.05) is 17.5 Å². The zero-order valence-corrected chi connectivity index (χ0v) is 28.6. The number of hydrogen-bond acceptors (Lipinski definition) is 5. The minimum absolute atomic E-state index is 0.0312. The summed E-state index contributed by atoms with van der Waals surface area (Å²) in [6.07, 6.45) is 5.34. The van der Waals surface area contributed by atoms with Crippen molar-refractivity contribution in [3.63, 3.8) is 0 Å². The Balaban J connectivity index is 1.54. The minimum atomic E-state index is -4.19. The van der Waals surface area contributed by atoms with Crippen LogP contribution >= 0.6 is 0 Å². The van der Waals surface area contributed by atoms with Crippen molar-refractivity contribution in [3.8, 4) is 5.75 Å². The van der Waals surface area contributed by atoms with Crippen LogP contribution in [0.3, 0.4) is 0 Å². The van der Waals surface area contributed by atoms with Gasteiger partial charge in [0.2, 0.25) is 11.8 Å². The number of sulfonamides is 1. The van der Waals surface area contributed by atoms with Crippen molar-refractivity contribution >= 4 is 27.5 Å². The Hall–Kier alpha value is -4.63. The van der Waals surface area contributed by atoms with E-state index in [9.17, 15) is 18.0 Å². The summed E-state index contributed by atoms with van der Waals surface area (Å²) >= 11 is 0. The molecule has 1 aliphatic rings. The van der Waals surface area contributed by atoms with Crippen LogP contribution in [0.15, 0.2) is 114 Å². The van der Waals surface area contributed by atoms with Crippen LogP contribution in [0.5, 0.6) is 5.75 Å². The van der Waals surface area contributed by atoms with Gasteiger partial charge in [-0.2, -0.15) is 0 Å². The third-order valence-corrected chi connectivity index (χ3v) is 10.5. The molecule has 8 nitrogen and oxygen atoms in total.